The molecule has 2 radical (unpaired) electrons. The van der Waals surface area contributed by atoms with Crippen LogP contribution in [0.5, 0.6) is 0 Å². The van der Waals surface area contributed by atoms with E-state index in [1.54, 1.807) is 0 Å². The van der Waals surface area contributed by atoms with Gasteiger partial charge in [0.2, 0.25) is 0 Å². The molecule has 0 aliphatic rings. The Hall–Kier alpha value is -4.80. The third kappa shape index (κ3) is 2.42. The van der Waals surface area contributed by atoms with E-state index in [1.165, 1.54) is 85.8 Å². The van der Waals surface area contributed by atoms with E-state index >= 15 is 0 Å². The van der Waals surface area contributed by atoms with Crippen LogP contribution in [-0.2, 0) is 0 Å². The van der Waals surface area contributed by atoms with Crippen LogP contribution in [0.2, 0.25) is 0 Å². The fraction of sp³-hybridized carbons (Fsp3) is 0. The Morgan fingerprint density at radius 2 is 1.20 bits per heavy atom. The lowest BCUT2D eigenvalue weighted by molar-refractivity contribution is 1.20. The van der Waals surface area contributed by atoms with Crippen LogP contribution < -0.4 is 5.46 Å². The molecule has 0 saturated carbocycles. The van der Waals surface area contributed by atoms with E-state index in [1.807, 2.05) is 17.4 Å². The number of nitrogens with zero attached hydrogens (tertiary/aromatic N) is 2. The van der Waals surface area contributed by atoms with E-state index in [0.717, 1.165) is 5.46 Å². The van der Waals surface area contributed by atoms with E-state index in [4.69, 9.17) is 7.85 Å². The van der Waals surface area contributed by atoms with Gasteiger partial charge in [-0.1, -0.05) is 78.3 Å². The molecule has 0 spiro atoms. The second-order valence-electron chi connectivity index (χ2n) is 10.8. The molecule has 0 fully saturated rings. The van der Waals surface area contributed by atoms with E-state index in [0.29, 0.717) is 0 Å². The first kappa shape index (κ1) is 21.1. The smallest absolute Gasteiger partial charge is 0.113 e. The largest absolute Gasteiger partial charge is 0.309 e. The summed E-state index contributed by atoms with van der Waals surface area (Å²) in [6.45, 7) is 0. The molecule has 2 nitrogen and oxygen atoms in total. The van der Waals surface area contributed by atoms with Crippen LogP contribution in [0.3, 0.4) is 0 Å². The number of benzene rings is 6. The Morgan fingerprint density at radius 1 is 0.475 bits per heavy atom. The Kier molecular flexibility index (Phi) is 3.81. The van der Waals surface area contributed by atoms with Crippen LogP contribution in [-0.4, -0.2) is 16.8 Å². The van der Waals surface area contributed by atoms with Gasteiger partial charge in [0.25, 0.3) is 0 Å². The van der Waals surface area contributed by atoms with Gasteiger partial charge >= 0.3 is 0 Å². The molecule has 0 unspecified atom stereocenters. The van der Waals surface area contributed by atoms with Crippen molar-refractivity contribution in [1.82, 2.24) is 8.97 Å². The first-order valence-electron chi connectivity index (χ1n) is 13.6. The standard InChI is InChI=1S/C36H19BN2S/c37-20-15-18-31-25(19-20)33-28(13-6-14-32(33)40-31)38-27-12-4-2-8-23(27)34-29(38)16-17-30-35(34)24-10-5-9-22-21-7-1-3-11-26(21)39(30)36(22)24/h1-19H. The van der Waals surface area contributed by atoms with Crippen molar-refractivity contribution in [2.45, 2.75) is 0 Å². The number of aromatic nitrogens is 2. The zero-order valence-electron chi connectivity index (χ0n) is 21.3. The van der Waals surface area contributed by atoms with Gasteiger partial charge in [-0.05, 0) is 42.5 Å². The minimum Gasteiger partial charge on any atom is -0.309 e. The van der Waals surface area contributed by atoms with Crippen LogP contribution in [0, 0.1) is 0 Å². The fourth-order valence-corrected chi connectivity index (χ4v) is 8.36. The first-order chi connectivity index (χ1) is 19.8. The Bertz CT molecular complexity index is 2670. The fourth-order valence-electron chi connectivity index (χ4n) is 7.25. The summed E-state index contributed by atoms with van der Waals surface area (Å²) >= 11 is 1.83. The van der Waals surface area contributed by atoms with Gasteiger partial charge in [-0.2, -0.15) is 0 Å². The van der Waals surface area contributed by atoms with E-state index in [-0.39, 0.29) is 0 Å². The summed E-state index contributed by atoms with van der Waals surface area (Å²) in [4.78, 5) is 0. The quantitative estimate of drug-likeness (QED) is 0.190. The van der Waals surface area contributed by atoms with Crippen molar-refractivity contribution < 1.29 is 0 Å². The van der Waals surface area contributed by atoms with Crippen molar-refractivity contribution in [3.8, 4) is 5.69 Å². The number of fused-ring (bicyclic) bond motifs is 13. The topological polar surface area (TPSA) is 9.34 Å². The molecule has 0 N–H and O–H groups in total. The number of hydrogen-bond donors (Lipinski definition) is 0. The Labute approximate surface area is 234 Å². The van der Waals surface area contributed by atoms with Crippen molar-refractivity contribution in [1.29, 1.82) is 0 Å². The zero-order valence-corrected chi connectivity index (χ0v) is 22.2. The number of rotatable bonds is 1. The molecule has 10 aromatic rings. The summed E-state index contributed by atoms with van der Waals surface area (Å²) in [5.74, 6) is 0. The molecule has 0 aliphatic carbocycles. The highest BCUT2D eigenvalue weighted by atomic mass is 32.1. The molecule has 0 amide bonds. The SMILES string of the molecule is [B]c1ccc2sc3cccc(-n4c5ccccc5c5c6c7cccc8c9ccccc9n(c6ccc54)c87)c3c2c1. The van der Waals surface area contributed by atoms with Crippen molar-refractivity contribution in [2.75, 3.05) is 0 Å². The Morgan fingerprint density at radius 3 is 2.12 bits per heavy atom. The summed E-state index contributed by atoms with van der Waals surface area (Å²) in [5.41, 5.74) is 8.27. The van der Waals surface area contributed by atoms with Crippen LogP contribution >= 0.6 is 11.3 Å². The molecule has 4 aromatic heterocycles. The van der Waals surface area contributed by atoms with Gasteiger partial charge in [-0.3, -0.25) is 0 Å². The summed E-state index contributed by atoms with van der Waals surface area (Å²) < 4.78 is 7.47. The van der Waals surface area contributed by atoms with E-state index in [9.17, 15) is 0 Å². The average Bonchev–Trinajstić information content (AvgIpc) is 3.72. The lowest BCUT2D eigenvalue weighted by Gasteiger charge is -2.10. The van der Waals surface area contributed by atoms with Crippen molar-refractivity contribution >= 4 is 105 Å². The van der Waals surface area contributed by atoms with Crippen molar-refractivity contribution in [2.24, 2.45) is 0 Å². The van der Waals surface area contributed by atoms with Crippen LogP contribution in [0.1, 0.15) is 0 Å². The molecular formula is C36H19BN2S. The summed E-state index contributed by atoms with van der Waals surface area (Å²) in [6.07, 6.45) is 0. The van der Waals surface area contributed by atoms with Crippen LogP contribution in [0.25, 0.3) is 85.8 Å². The molecule has 0 bridgehead atoms. The molecule has 6 aromatic carbocycles. The summed E-state index contributed by atoms with van der Waals surface area (Å²) in [5, 5.41) is 10.3. The number of hydrogen-bond acceptors (Lipinski definition) is 1. The normalized spacial score (nSPS) is 12.6. The maximum atomic E-state index is 6.29. The maximum Gasteiger partial charge on any atom is 0.113 e. The van der Waals surface area contributed by atoms with E-state index in [2.05, 4.69) is 118 Å². The molecule has 0 aliphatic heterocycles. The van der Waals surface area contributed by atoms with Gasteiger partial charge in [-0.25, -0.2) is 0 Å². The monoisotopic (exact) mass is 522 g/mol. The van der Waals surface area contributed by atoms with Gasteiger partial charge in [-0.15, -0.1) is 11.3 Å². The molecule has 4 heteroatoms. The summed E-state index contributed by atoms with van der Waals surface area (Å²) in [7, 11) is 6.29. The molecule has 10 rings (SSSR count). The average molecular weight is 522 g/mol. The third-order valence-electron chi connectivity index (χ3n) is 8.76. The van der Waals surface area contributed by atoms with Crippen molar-refractivity contribution in [3.63, 3.8) is 0 Å². The van der Waals surface area contributed by atoms with Gasteiger partial charge in [0.15, 0.2) is 0 Å². The molecule has 40 heavy (non-hydrogen) atoms. The lowest BCUT2D eigenvalue weighted by atomic mass is 9.94. The highest BCUT2D eigenvalue weighted by molar-refractivity contribution is 7.25. The minimum absolute atomic E-state index is 0.796. The number of para-hydroxylation sites is 3. The molecule has 4 heterocycles. The molecule has 182 valence electrons. The predicted molar refractivity (Wildman–Crippen MR) is 174 cm³/mol. The van der Waals surface area contributed by atoms with Gasteiger partial charge in [0.05, 0.1) is 33.3 Å². The number of thiophene rings is 1. The molecule has 0 saturated heterocycles. The lowest BCUT2D eigenvalue weighted by Crippen LogP contribution is -1.99. The van der Waals surface area contributed by atoms with E-state index < -0.39 is 0 Å². The highest BCUT2D eigenvalue weighted by Crippen LogP contribution is 2.46. The second kappa shape index (κ2) is 7.23. The first-order valence-corrected chi connectivity index (χ1v) is 14.4. The molecule has 0 atom stereocenters. The van der Waals surface area contributed by atoms with Crippen molar-refractivity contribution in [3.05, 3.63) is 115 Å². The zero-order chi connectivity index (χ0) is 26.1. The minimum atomic E-state index is 0.796. The third-order valence-corrected chi connectivity index (χ3v) is 9.90. The predicted octanol–water partition coefficient (Wildman–Crippen LogP) is 9.10. The van der Waals surface area contributed by atoms with Gasteiger partial charge in [0.1, 0.15) is 7.85 Å². The highest BCUT2D eigenvalue weighted by Gasteiger charge is 2.23. The summed E-state index contributed by atoms with van der Waals surface area (Å²) in [6, 6.07) is 42.0. The van der Waals surface area contributed by atoms with Crippen LogP contribution in [0.4, 0.5) is 0 Å². The Balaban J connectivity index is 1.45. The maximum absolute atomic E-state index is 6.29. The van der Waals surface area contributed by atoms with Gasteiger partial charge in [0, 0.05) is 52.5 Å². The molecular weight excluding hydrogens is 503 g/mol. The van der Waals surface area contributed by atoms with Crippen LogP contribution in [0.15, 0.2) is 115 Å². The second-order valence-corrected chi connectivity index (χ2v) is 11.9. The van der Waals surface area contributed by atoms with Gasteiger partial charge < -0.3 is 8.97 Å².